The van der Waals surface area contributed by atoms with Crippen LogP contribution in [0.4, 0.5) is 13.2 Å². The fraction of sp³-hybridized carbons (Fsp3) is 0.286. The van der Waals surface area contributed by atoms with Gasteiger partial charge in [0.2, 0.25) is 0 Å². The molecular weight excluding hydrogens is 203 g/mol. The van der Waals surface area contributed by atoms with Crippen LogP contribution in [0.25, 0.3) is 0 Å². The van der Waals surface area contributed by atoms with Crippen molar-refractivity contribution >= 4 is 12.2 Å². The largest absolute Gasteiger partial charge is 0.469 e. The standard InChI is InChI=1S/C7H6F3NOS/c8-7(9,10)4-12-5-2-1-3-6(13)11-5/h1-3H,4H2,(H,11,13). The summed E-state index contributed by atoms with van der Waals surface area (Å²) >= 11 is 4.69. The molecule has 0 aliphatic heterocycles. The molecule has 0 radical (unpaired) electrons. The molecule has 0 aliphatic carbocycles. The number of halogens is 3. The van der Waals surface area contributed by atoms with E-state index in [-0.39, 0.29) is 5.88 Å². The first-order valence-corrected chi connectivity index (χ1v) is 3.77. The van der Waals surface area contributed by atoms with E-state index in [4.69, 9.17) is 12.2 Å². The van der Waals surface area contributed by atoms with Crippen molar-refractivity contribution in [3.63, 3.8) is 0 Å². The van der Waals surface area contributed by atoms with Gasteiger partial charge in [-0.25, -0.2) is 0 Å². The third kappa shape index (κ3) is 3.93. The number of nitrogens with one attached hydrogen (secondary N) is 1. The van der Waals surface area contributed by atoms with Crippen molar-refractivity contribution in [2.24, 2.45) is 0 Å². The first kappa shape index (κ1) is 10.0. The Kier molecular flexibility index (Phi) is 2.92. The Morgan fingerprint density at radius 1 is 1.38 bits per heavy atom. The van der Waals surface area contributed by atoms with E-state index in [2.05, 4.69) is 9.72 Å². The second-order valence-electron chi connectivity index (χ2n) is 2.28. The quantitative estimate of drug-likeness (QED) is 0.757. The molecule has 0 bridgehead atoms. The smallest absolute Gasteiger partial charge is 0.422 e. The van der Waals surface area contributed by atoms with Gasteiger partial charge < -0.3 is 9.72 Å². The van der Waals surface area contributed by atoms with Crippen molar-refractivity contribution in [1.29, 1.82) is 0 Å². The summed E-state index contributed by atoms with van der Waals surface area (Å²) in [4.78, 5) is 2.47. The number of ether oxygens (including phenoxy) is 1. The van der Waals surface area contributed by atoms with Crippen LogP contribution >= 0.6 is 12.2 Å². The number of aromatic nitrogens is 1. The Balaban J connectivity index is 2.60. The zero-order valence-corrected chi connectivity index (χ0v) is 7.21. The first-order valence-electron chi connectivity index (χ1n) is 3.36. The lowest BCUT2D eigenvalue weighted by molar-refractivity contribution is -0.154. The fourth-order valence-corrected chi connectivity index (χ4v) is 0.851. The molecule has 0 aromatic carbocycles. The van der Waals surface area contributed by atoms with E-state index in [1.165, 1.54) is 12.1 Å². The minimum atomic E-state index is -4.33. The molecule has 0 saturated carbocycles. The number of hydrogen-bond acceptors (Lipinski definition) is 2. The highest BCUT2D eigenvalue weighted by Gasteiger charge is 2.28. The summed E-state index contributed by atoms with van der Waals surface area (Å²) in [5, 5.41) is 0. The van der Waals surface area contributed by atoms with Gasteiger partial charge in [-0.2, -0.15) is 13.2 Å². The summed E-state index contributed by atoms with van der Waals surface area (Å²) in [6.07, 6.45) is -4.33. The molecule has 0 unspecified atom stereocenters. The number of H-pyrrole nitrogens is 1. The third-order valence-electron chi connectivity index (χ3n) is 1.13. The molecule has 72 valence electrons. The minimum Gasteiger partial charge on any atom is -0.469 e. The van der Waals surface area contributed by atoms with E-state index in [0.29, 0.717) is 4.64 Å². The number of aromatic amines is 1. The lowest BCUT2D eigenvalue weighted by atomic mass is 10.5. The van der Waals surface area contributed by atoms with Crippen molar-refractivity contribution in [3.05, 3.63) is 22.8 Å². The van der Waals surface area contributed by atoms with Crippen LogP contribution in [-0.2, 0) is 0 Å². The summed E-state index contributed by atoms with van der Waals surface area (Å²) in [6, 6.07) is 4.45. The maximum absolute atomic E-state index is 11.7. The van der Waals surface area contributed by atoms with Gasteiger partial charge in [-0.3, -0.25) is 0 Å². The van der Waals surface area contributed by atoms with E-state index in [1.807, 2.05) is 0 Å². The Bertz CT molecular complexity index is 333. The van der Waals surface area contributed by atoms with Crippen LogP contribution in [-0.4, -0.2) is 17.8 Å². The van der Waals surface area contributed by atoms with Crippen LogP contribution in [0.3, 0.4) is 0 Å². The van der Waals surface area contributed by atoms with E-state index in [0.717, 1.165) is 0 Å². The summed E-state index contributed by atoms with van der Waals surface area (Å²) in [6.45, 7) is -1.32. The number of rotatable bonds is 2. The van der Waals surface area contributed by atoms with E-state index in [1.54, 1.807) is 6.07 Å². The van der Waals surface area contributed by atoms with Gasteiger partial charge in [0.05, 0.1) is 0 Å². The zero-order valence-electron chi connectivity index (χ0n) is 6.39. The molecule has 6 heteroatoms. The second kappa shape index (κ2) is 3.78. The van der Waals surface area contributed by atoms with Gasteiger partial charge in [0, 0.05) is 0 Å². The monoisotopic (exact) mass is 209 g/mol. The predicted molar refractivity (Wildman–Crippen MR) is 43.2 cm³/mol. The molecule has 13 heavy (non-hydrogen) atoms. The molecule has 1 aromatic heterocycles. The first-order chi connectivity index (χ1) is 5.97. The SMILES string of the molecule is FC(F)(F)COc1cccc(=S)[nH]1. The van der Waals surface area contributed by atoms with Gasteiger partial charge >= 0.3 is 6.18 Å². The van der Waals surface area contributed by atoms with Gasteiger partial charge in [0.1, 0.15) is 4.64 Å². The van der Waals surface area contributed by atoms with Crippen LogP contribution in [0, 0.1) is 4.64 Å². The summed E-state index contributed by atoms with van der Waals surface area (Å²) in [5.74, 6) is 0.0184. The molecular formula is C7H6F3NOS. The molecule has 0 spiro atoms. The number of hydrogen-bond donors (Lipinski definition) is 1. The van der Waals surface area contributed by atoms with Crippen molar-refractivity contribution < 1.29 is 17.9 Å². The molecule has 0 atom stereocenters. The summed E-state index contributed by atoms with van der Waals surface area (Å²) in [7, 11) is 0. The van der Waals surface area contributed by atoms with Crippen molar-refractivity contribution in [2.45, 2.75) is 6.18 Å². The van der Waals surface area contributed by atoms with Gasteiger partial charge in [0.15, 0.2) is 12.5 Å². The van der Waals surface area contributed by atoms with Crippen molar-refractivity contribution in [1.82, 2.24) is 4.98 Å². The highest BCUT2D eigenvalue weighted by molar-refractivity contribution is 7.71. The average molecular weight is 209 g/mol. The number of alkyl halides is 3. The van der Waals surface area contributed by atoms with E-state index < -0.39 is 12.8 Å². The van der Waals surface area contributed by atoms with Crippen LogP contribution in [0.1, 0.15) is 0 Å². The van der Waals surface area contributed by atoms with Crippen LogP contribution in [0.15, 0.2) is 18.2 Å². The highest BCUT2D eigenvalue weighted by Crippen LogP contribution is 2.16. The second-order valence-corrected chi connectivity index (χ2v) is 2.72. The Hall–Kier alpha value is -1.04. The summed E-state index contributed by atoms with van der Waals surface area (Å²) < 4.78 is 39.8. The molecule has 1 aromatic rings. The van der Waals surface area contributed by atoms with E-state index >= 15 is 0 Å². The Morgan fingerprint density at radius 2 is 2.08 bits per heavy atom. The molecule has 1 N–H and O–H groups in total. The van der Waals surface area contributed by atoms with E-state index in [9.17, 15) is 13.2 Å². The molecule has 1 rings (SSSR count). The normalized spacial score (nSPS) is 11.3. The molecule has 0 amide bonds. The molecule has 1 heterocycles. The van der Waals surface area contributed by atoms with Gasteiger partial charge in [-0.1, -0.05) is 18.3 Å². The van der Waals surface area contributed by atoms with Crippen molar-refractivity contribution in [2.75, 3.05) is 6.61 Å². The molecule has 2 nitrogen and oxygen atoms in total. The van der Waals surface area contributed by atoms with Crippen molar-refractivity contribution in [3.8, 4) is 5.88 Å². The highest BCUT2D eigenvalue weighted by atomic mass is 32.1. The Labute approximate surface area is 77.3 Å². The van der Waals surface area contributed by atoms with Crippen LogP contribution < -0.4 is 4.74 Å². The zero-order chi connectivity index (χ0) is 9.90. The van der Waals surface area contributed by atoms with Crippen LogP contribution in [0.5, 0.6) is 5.88 Å². The maximum Gasteiger partial charge on any atom is 0.422 e. The lowest BCUT2D eigenvalue weighted by Gasteiger charge is -2.08. The fourth-order valence-electron chi connectivity index (χ4n) is 0.671. The molecule has 0 fully saturated rings. The van der Waals surface area contributed by atoms with Crippen LogP contribution in [0.2, 0.25) is 0 Å². The predicted octanol–water partition coefficient (Wildman–Crippen LogP) is 2.69. The molecule has 0 saturated heterocycles. The maximum atomic E-state index is 11.7. The molecule has 0 aliphatic rings. The average Bonchev–Trinajstić information content (AvgIpc) is 2.00. The third-order valence-corrected chi connectivity index (χ3v) is 1.37. The lowest BCUT2D eigenvalue weighted by Crippen LogP contribution is -2.19. The Morgan fingerprint density at radius 3 is 2.62 bits per heavy atom. The topological polar surface area (TPSA) is 25.0 Å². The minimum absolute atomic E-state index is 0.0184. The van der Waals surface area contributed by atoms with Gasteiger partial charge in [-0.15, -0.1) is 0 Å². The summed E-state index contributed by atoms with van der Waals surface area (Å²) in [5.41, 5.74) is 0. The number of pyridine rings is 1. The van der Waals surface area contributed by atoms with Gasteiger partial charge in [-0.05, 0) is 12.1 Å². The van der Waals surface area contributed by atoms with Gasteiger partial charge in [0.25, 0.3) is 0 Å².